The van der Waals surface area contributed by atoms with E-state index in [4.69, 9.17) is 0 Å². The van der Waals surface area contributed by atoms with Gasteiger partial charge < -0.3 is 0 Å². The Bertz CT molecular complexity index is 88.1. The highest BCUT2D eigenvalue weighted by molar-refractivity contribution is 5.59. The summed E-state index contributed by atoms with van der Waals surface area (Å²) in [5.74, 6) is 0. The molecule has 1 heterocycles. The van der Waals surface area contributed by atoms with E-state index < -0.39 is 0 Å². The second-order valence-electron chi connectivity index (χ2n) is 1.96. The molecule has 1 aliphatic rings. The van der Waals surface area contributed by atoms with Crippen LogP contribution in [-0.4, -0.2) is 24.3 Å². The molecular weight excluding hydrogens is 88.1 g/mol. The van der Waals surface area contributed by atoms with Crippen molar-refractivity contribution in [3.63, 3.8) is 0 Å². The number of nitrogens with zero attached hydrogens (tertiary/aromatic N) is 2. The van der Waals surface area contributed by atoms with E-state index in [0.29, 0.717) is 6.04 Å². The summed E-state index contributed by atoms with van der Waals surface area (Å²) < 4.78 is 0. The Morgan fingerprint density at radius 1 is 1.86 bits per heavy atom. The standard InChI is InChI=1S/C5H10N2/c1-5-3-4-6-7(5)2/h4-5H,3H2,1-2H3/t5-/m1/s1. The Morgan fingerprint density at radius 2 is 2.57 bits per heavy atom. The Morgan fingerprint density at radius 3 is 2.71 bits per heavy atom. The molecular formula is C5H10N2. The Balaban J connectivity index is 2.45. The van der Waals surface area contributed by atoms with Gasteiger partial charge in [-0.3, -0.25) is 5.01 Å². The zero-order valence-electron chi connectivity index (χ0n) is 4.76. The third-order valence-corrected chi connectivity index (χ3v) is 1.35. The molecule has 0 aliphatic carbocycles. The Kier molecular flexibility index (Phi) is 1.01. The quantitative estimate of drug-likeness (QED) is 0.435. The van der Waals surface area contributed by atoms with Crippen molar-refractivity contribution in [2.24, 2.45) is 5.10 Å². The summed E-state index contributed by atoms with van der Waals surface area (Å²) in [6.45, 7) is 2.16. The van der Waals surface area contributed by atoms with Gasteiger partial charge in [0.15, 0.2) is 0 Å². The number of hydrogen-bond donors (Lipinski definition) is 0. The first-order chi connectivity index (χ1) is 3.30. The molecule has 2 nitrogen and oxygen atoms in total. The first kappa shape index (κ1) is 4.62. The molecule has 1 rings (SSSR count). The normalized spacial score (nSPS) is 29.4. The van der Waals surface area contributed by atoms with Gasteiger partial charge in [-0.05, 0) is 6.92 Å². The average Bonchev–Trinajstić information content (AvgIpc) is 1.91. The van der Waals surface area contributed by atoms with Crippen LogP contribution in [-0.2, 0) is 0 Å². The van der Waals surface area contributed by atoms with Crippen molar-refractivity contribution >= 4 is 6.21 Å². The average molecular weight is 98.1 g/mol. The van der Waals surface area contributed by atoms with E-state index in [-0.39, 0.29) is 0 Å². The summed E-state index contributed by atoms with van der Waals surface area (Å²) in [5, 5.41) is 6.00. The van der Waals surface area contributed by atoms with Gasteiger partial charge in [0.1, 0.15) is 0 Å². The van der Waals surface area contributed by atoms with Gasteiger partial charge in [0.25, 0.3) is 0 Å². The van der Waals surface area contributed by atoms with Crippen LogP contribution in [0, 0.1) is 0 Å². The zero-order valence-corrected chi connectivity index (χ0v) is 4.76. The maximum absolute atomic E-state index is 4.03. The van der Waals surface area contributed by atoms with Crippen molar-refractivity contribution in [3.05, 3.63) is 0 Å². The van der Waals surface area contributed by atoms with Crippen molar-refractivity contribution < 1.29 is 0 Å². The smallest absolute Gasteiger partial charge is 0.0489 e. The molecule has 0 radical (unpaired) electrons. The van der Waals surface area contributed by atoms with Crippen LogP contribution in [0.25, 0.3) is 0 Å². The second kappa shape index (κ2) is 1.52. The second-order valence-corrected chi connectivity index (χ2v) is 1.96. The van der Waals surface area contributed by atoms with E-state index in [1.54, 1.807) is 0 Å². The van der Waals surface area contributed by atoms with Gasteiger partial charge in [-0.25, -0.2) is 0 Å². The molecule has 0 amide bonds. The molecule has 0 aromatic heterocycles. The third-order valence-electron chi connectivity index (χ3n) is 1.35. The molecule has 0 bridgehead atoms. The minimum atomic E-state index is 0.625. The predicted molar refractivity (Wildman–Crippen MR) is 30.3 cm³/mol. The van der Waals surface area contributed by atoms with Crippen LogP contribution in [0.4, 0.5) is 0 Å². The maximum Gasteiger partial charge on any atom is 0.0489 e. The highest BCUT2D eigenvalue weighted by Crippen LogP contribution is 2.04. The molecule has 1 aliphatic heterocycles. The number of hydrazone groups is 1. The molecule has 7 heavy (non-hydrogen) atoms. The molecule has 1 atom stereocenters. The minimum Gasteiger partial charge on any atom is -0.297 e. The summed E-state index contributed by atoms with van der Waals surface area (Å²) in [6, 6.07) is 0.625. The summed E-state index contributed by atoms with van der Waals surface area (Å²) in [7, 11) is 1.99. The van der Waals surface area contributed by atoms with Crippen molar-refractivity contribution in [2.75, 3.05) is 7.05 Å². The molecule has 0 unspecified atom stereocenters. The zero-order chi connectivity index (χ0) is 5.28. The number of hydrogen-bond acceptors (Lipinski definition) is 2. The molecule has 0 saturated heterocycles. The van der Waals surface area contributed by atoms with Crippen LogP contribution in [0.2, 0.25) is 0 Å². The van der Waals surface area contributed by atoms with Crippen molar-refractivity contribution in [2.45, 2.75) is 19.4 Å². The fraction of sp³-hybridized carbons (Fsp3) is 0.800. The lowest BCUT2D eigenvalue weighted by atomic mass is 10.3. The molecule has 0 fully saturated rings. The predicted octanol–water partition coefficient (Wildman–Crippen LogP) is 0.696. The summed E-state index contributed by atoms with van der Waals surface area (Å²) >= 11 is 0. The largest absolute Gasteiger partial charge is 0.297 e. The SMILES string of the molecule is C[C@@H]1CC=NN1C. The van der Waals surface area contributed by atoms with Gasteiger partial charge in [0.05, 0.1) is 0 Å². The van der Waals surface area contributed by atoms with Gasteiger partial charge in [0.2, 0.25) is 0 Å². The van der Waals surface area contributed by atoms with Crippen LogP contribution in [0.3, 0.4) is 0 Å². The van der Waals surface area contributed by atoms with Crippen LogP contribution >= 0.6 is 0 Å². The minimum absolute atomic E-state index is 0.625. The molecule has 0 saturated carbocycles. The first-order valence-electron chi connectivity index (χ1n) is 2.56. The molecule has 0 aromatic rings. The molecule has 0 N–H and O–H groups in total. The van der Waals surface area contributed by atoms with E-state index in [0.717, 1.165) is 6.42 Å². The lowest BCUT2D eigenvalue weighted by molar-refractivity contribution is 0.303. The highest BCUT2D eigenvalue weighted by Gasteiger charge is 2.08. The topological polar surface area (TPSA) is 15.6 Å². The fourth-order valence-corrected chi connectivity index (χ4v) is 0.595. The Labute approximate surface area is 43.8 Å². The van der Waals surface area contributed by atoms with Gasteiger partial charge in [-0.15, -0.1) is 0 Å². The Hall–Kier alpha value is -0.530. The van der Waals surface area contributed by atoms with Crippen LogP contribution in [0.1, 0.15) is 13.3 Å². The molecule has 0 aromatic carbocycles. The van der Waals surface area contributed by atoms with Crippen molar-refractivity contribution in [1.82, 2.24) is 5.01 Å². The van der Waals surface area contributed by atoms with Crippen LogP contribution < -0.4 is 0 Å². The van der Waals surface area contributed by atoms with Crippen molar-refractivity contribution in [3.8, 4) is 0 Å². The van der Waals surface area contributed by atoms with Gasteiger partial charge >= 0.3 is 0 Å². The lowest BCUT2D eigenvalue weighted by Crippen LogP contribution is -2.17. The fourth-order valence-electron chi connectivity index (χ4n) is 0.595. The van der Waals surface area contributed by atoms with Gasteiger partial charge in [-0.1, -0.05) is 0 Å². The summed E-state index contributed by atoms with van der Waals surface area (Å²) in [5.41, 5.74) is 0. The van der Waals surface area contributed by atoms with Crippen molar-refractivity contribution in [1.29, 1.82) is 0 Å². The van der Waals surface area contributed by atoms with Gasteiger partial charge in [0, 0.05) is 25.7 Å². The first-order valence-corrected chi connectivity index (χ1v) is 2.56. The molecule has 2 heteroatoms. The highest BCUT2D eigenvalue weighted by atomic mass is 15.5. The monoisotopic (exact) mass is 98.1 g/mol. The molecule has 0 spiro atoms. The van der Waals surface area contributed by atoms with E-state index >= 15 is 0 Å². The maximum atomic E-state index is 4.03. The van der Waals surface area contributed by atoms with E-state index in [1.165, 1.54) is 0 Å². The van der Waals surface area contributed by atoms with E-state index in [9.17, 15) is 0 Å². The van der Waals surface area contributed by atoms with E-state index in [1.807, 2.05) is 18.3 Å². The van der Waals surface area contributed by atoms with Gasteiger partial charge in [-0.2, -0.15) is 5.10 Å². The van der Waals surface area contributed by atoms with E-state index in [2.05, 4.69) is 12.0 Å². The summed E-state index contributed by atoms with van der Waals surface area (Å²) in [4.78, 5) is 0. The lowest BCUT2D eigenvalue weighted by Gasteiger charge is -2.11. The van der Waals surface area contributed by atoms with Crippen LogP contribution in [0.5, 0.6) is 0 Å². The third kappa shape index (κ3) is 0.734. The van der Waals surface area contributed by atoms with Crippen LogP contribution in [0.15, 0.2) is 5.10 Å². The summed E-state index contributed by atoms with van der Waals surface area (Å²) in [6.07, 6.45) is 3.06. The molecule has 40 valence electrons. The number of rotatable bonds is 0.